The molecule has 0 fully saturated rings. The number of hydrogen-bond acceptors (Lipinski definition) is 5. The third-order valence-electron chi connectivity index (χ3n) is 1.57. The van der Waals surface area contributed by atoms with Crippen LogP contribution in [-0.2, 0) is 14.4 Å². The summed E-state index contributed by atoms with van der Waals surface area (Å²) in [7, 11) is 0. The molecule has 0 amide bonds. The molecule has 0 spiro atoms. The highest BCUT2D eigenvalue weighted by atomic mass is 16.4. The van der Waals surface area contributed by atoms with E-state index in [1.54, 1.807) is 0 Å². The van der Waals surface area contributed by atoms with Gasteiger partial charge in [-0.25, -0.2) is 4.79 Å². The molecule has 9 N–H and O–H groups in total. The van der Waals surface area contributed by atoms with Crippen molar-refractivity contribution in [3.8, 4) is 0 Å². The van der Waals surface area contributed by atoms with Gasteiger partial charge in [0.2, 0.25) is 0 Å². The lowest BCUT2D eigenvalue weighted by Crippen LogP contribution is -2.78. The molecule has 0 bridgehead atoms. The smallest absolute Gasteiger partial charge is 0.351 e. The SMILES string of the molecule is NC(N)=[NH+]CCC[C@H]([NH3+])C(=O)[O-].O=C([O-])C(=O)O. The van der Waals surface area contributed by atoms with Crippen molar-refractivity contribution in [3.05, 3.63) is 0 Å². The highest BCUT2D eigenvalue weighted by Crippen LogP contribution is 1.87. The average molecular weight is 264 g/mol. The summed E-state index contributed by atoms with van der Waals surface area (Å²) in [5, 5.41) is 26.5. The van der Waals surface area contributed by atoms with Crippen molar-refractivity contribution in [1.29, 1.82) is 0 Å². The lowest BCUT2D eigenvalue weighted by molar-refractivity contribution is -0.466. The quantitative estimate of drug-likeness (QED) is 0.139. The summed E-state index contributed by atoms with van der Waals surface area (Å²) in [5.74, 6) is -4.99. The van der Waals surface area contributed by atoms with Gasteiger partial charge >= 0.3 is 11.9 Å². The summed E-state index contributed by atoms with van der Waals surface area (Å²) >= 11 is 0. The zero-order valence-electron chi connectivity index (χ0n) is 9.55. The van der Waals surface area contributed by atoms with E-state index in [1.807, 2.05) is 0 Å². The largest absolute Gasteiger partial charge is 0.544 e. The Balaban J connectivity index is 0. The number of aliphatic carboxylic acids is 3. The van der Waals surface area contributed by atoms with Gasteiger partial charge in [0.1, 0.15) is 6.04 Å². The number of carboxylic acid groups (broad SMARTS) is 3. The normalized spacial score (nSPS) is 10.5. The van der Waals surface area contributed by atoms with Crippen LogP contribution in [0.25, 0.3) is 0 Å². The van der Waals surface area contributed by atoms with Crippen molar-refractivity contribution >= 4 is 23.9 Å². The first-order valence-electron chi connectivity index (χ1n) is 4.78. The molecule has 18 heavy (non-hydrogen) atoms. The second kappa shape index (κ2) is 9.84. The number of nitrogens with two attached hydrogens (primary N) is 2. The molecule has 0 rings (SSSR count). The number of rotatable bonds is 5. The molecule has 0 aromatic heterocycles. The van der Waals surface area contributed by atoms with Gasteiger partial charge in [-0.05, 0) is 6.42 Å². The zero-order valence-corrected chi connectivity index (χ0v) is 9.55. The molecule has 0 unspecified atom stereocenters. The Labute approximate surface area is 102 Å². The Kier molecular flexibility index (Phi) is 9.85. The van der Waals surface area contributed by atoms with Crippen LogP contribution in [0, 0.1) is 0 Å². The first-order chi connectivity index (χ1) is 8.18. The summed E-state index contributed by atoms with van der Waals surface area (Å²) < 4.78 is 0. The Morgan fingerprint density at radius 3 is 2.00 bits per heavy atom. The number of quaternary nitrogens is 1. The van der Waals surface area contributed by atoms with E-state index in [0.717, 1.165) is 0 Å². The predicted molar refractivity (Wildman–Crippen MR) is 52.8 cm³/mol. The molecule has 0 aliphatic carbocycles. The van der Waals surface area contributed by atoms with Crippen molar-refractivity contribution in [1.82, 2.24) is 0 Å². The first-order valence-corrected chi connectivity index (χ1v) is 4.78. The molecular formula is C8H16N4O6. The molecule has 0 radical (unpaired) electrons. The Morgan fingerprint density at radius 2 is 1.72 bits per heavy atom. The molecule has 10 nitrogen and oxygen atoms in total. The number of carboxylic acids is 3. The Hall–Kier alpha value is -2.36. The highest BCUT2D eigenvalue weighted by Gasteiger charge is 2.05. The minimum atomic E-state index is -2.07. The number of nitrogens with one attached hydrogen (secondary N) is 1. The van der Waals surface area contributed by atoms with Crippen LogP contribution in [0.1, 0.15) is 12.8 Å². The molecule has 0 heterocycles. The minimum Gasteiger partial charge on any atom is -0.544 e. The maximum Gasteiger partial charge on any atom is 0.351 e. The van der Waals surface area contributed by atoms with Crippen molar-refractivity contribution in [2.24, 2.45) is 11.5 Å². The fourth-order valence-corrected chi connectivity index (χ4v) is 0.699. The molecule has 0 saturated heterocycles. The summed E-state index contributed by atoms with van der Waals surface area (Å²) in [5.41, 5.74) is 13.6. The van der Waals surface area contributed by atoms with Crippen LogP contribution in [0.5, 0.6) is 0 Å². The first kappa shape index (κ1) is 18.0. The van der Waals surface area contributed by atoms with Gasteiger partial charge < -0.3 is 30.6 Å². The van der Waals surface area contributed by atoms with E-state index in [0.29, 0.717) is 19.4 Å². The average Bonchev–Trinajstić information content (AvgIpc) is 2.24. The fourth-order valence-electron chi connectivity index (χ4n) is 0.699. The second-order valence-electron chi connectivity index (χ2n) is 3.13. The predicted octanol–water partition coefficient (Wildman–Crippen LogP) is -7.70. The fraction of sp³-hybridized carbons (Fsp3) is 0.500. The van der Waals surface area contributed by atoms with Crippen LogP contribution in [0.15, 0.2) is 0 Å². The maximum atomic E-state index is 10.2. The molecule has 10 heteroatoms. The van der Waals surface area contributed by atoms with Gasteiger partial charge in [0.15, 0.2) is 5.97 Å². The van der Waals surface area contributed by atoms with Gasteiger partial charge in [0, 0.05) is 6.42 Å². The summed E-state index contributed by atoms with van der Waals surface area (Å²) in [6.45, 7) is 0.557. The van der Waals surface area contributed by atoms with E-state index in [4.69, 9.17) is 31.3 Å². The number of hydrogen-bond donors (Lipinski definition) is 5. The highest BCUT2D eigenvalue weighted by molar-refractivity contribution is 6.26. The number of carbonyl (C=O) groups is 3. The van der Waals surface area contributed by atoms with Gasteiger partial charge in [-0.3, -0.25) is 16.5 Å². The van der Waals surface area contributed by atoms with Gasteiger partial charge in [0.05, 0.1) is 12.5 Å². The van der Waals surface area contributed by atoms with E-state index in [-0.39, 0.29) is 5.96 Å². The molecule has 1 atom stereocenters. The lowest BCUT2D eigenvalue weighted by Gasteiger charge is -2.06. The van der Waals surface area contributed by atoms with Crippen LogP contribution in [0.4, 0.5) is 0 Å². The monoisotopic (exact) mass is 264 g/mol. The van der Waals surface area contributed by atoms with Crippen molar-refractivity contribution in [3.63, 3.8) is 0 Å². The molecule has 0 aliphatic heterocycles. The van der Waals surface area contributed by atoms with Crippen LogP contribution in [0.3, 0.4) is 0 Å². The zero-order chi connectivity index (χ0) is 14.7. The number of guanidine groups is 1. The van der Waals surface area contributed by atoms with Gasteiger partial charge in [-0.2, -0.15) is 0 Å². The topological polar surface area (TPSA) is 211 Å². The molecule has 0 aliphatic rings. The summed E-state index contributed by atoms with van der Waals surface area (Å²) in [6.07, 6.45) is 1.11. The third kappa shape index (κ3) is 13.6. The maximum absolute atomic E-state index is 10.2. The standard InChI is InChI=1S/C6H14N4O2.C2H2O4/c7-4(5(11)12)2-1-3-10-6(8)9;3-1(4)2(5)6/h4H,1-3,7H2,(H,11,12)(H4,8,9,10);(H,3,4)(H,5,6)/t4-;/m0./s1. The Morgan fingerprint density at radius 1 is 1.28 bits per heavy atom. The third-order valence-corrected chi connectivity index (χ3v) is 1.57. The van der Waals surface area contributed by atoms with E-state index in [2.05, 4.69) is 10.7 Å². The molecule has 104 valence electrons. The summed E-state index contributed by atoms with van der Waals surface area (Å²) in [6, 6.07) is -0.661. The van der Waals surface area contributed by atoms with Crippen LogP contribution < -0.4 is 32.4 Å². The van der Waals surface area contributed by atoms with Crippen molar-refractivity contribution in [2.75, 3.05) is 6.54 Å². The Bertz CT molecular complexity index is 314. The van der Waals surface area contributed by atoms with Crippen LogP contribution >= 0.6 is 0 Å². The molecular weight excluding hydrogens is 248 g/mol. The van der Waals surface area contributed by atoms with Gasteiger partial charge in [-0.15, -0.1) is 0 Å². The van der Waals surface area contributed by atoms with E-state index >= 15 is 0 Å². The van der Waals surface area contributed by atoms with Gasteiger partial charge in [-0.1, -0.05) is 0 Å². The minimum absolute atomic E-state index is 0.143. The molecule has 0 aromatic rings. The van der Waals surface area contributed by atoms with E-state index < -0.39 is 23.9 Å². The second-order valence-corrected chi connectivity index (χ2v) is 3.13. The summed E-state index contributed by atoms with van der Waals surface area (Å²) in [4.78, 5) is 30.9. The van der Waals surface area contributed by atoms with Crippen LogP contribution in [0.2, 0.25) is 0 Å². The lowest BCUT2D eigenvalue weighted by atomic mass is 10.2. The van der Waals surface area contributed by atoms with Crippen LogP contribution in [-0.4, -0.2) is 41.6 Å². The number of carbonyl (C=O) groups excluding carboxylic acids is 2. The van der Waals surface area contributed by atoms with E-state index in [1.165, 1.54) is 0 Å². The van der Waals surface area contributed by atoms with Crippen molar-refractivity contribution < 1.29 is 40.4 Å². The molecule has 0 aromatic carbocycles. The van der Waals surface area contributed by atoms with Crippen molar-refractivity contribution in [2.45, 2.75) is 18.9 Å². The van der Waals surface area contributed by atoms with Gasteiger partial charge in [0.25, 0.3) is 0 Å². The molecule has 0 saturated carbocycles. The van der Waals surface area contributed by atoms with E-state index in [9.17, 15) is 9.90 Å².